The maximum absolute atomic E-state index is 11.8. The Bertz CT molecular complexity index is 933. The highest BCUT2D eigenvalue weighted by molar-refractivity contribution is 6.08. The van der Waals surface area contributed by atoms with E-state index in [4.69, 9.17) is 10.00 Å². The third kappa shape index (κ3) is 2.90. The number of nitrogens with one attached hydrogen (secondary N) is 2. The molecule has 3 rings (SSSR count). The quantitative estimate of drug-likeness (QED) is 0.334. The highest BCUT2D eigenvalue weighted by Crippen LogP contribution is 2.30. The molecule has 24 heavy (non-hydrogen) atoms. The van der Waals surface area contributed by atoms with Crippen LogP contribution in [0.15, 0.2) is 60.3 Å². The average molecular weight is 318 g/mol. The van der Waals surface area contributed by atoms with Crippen LogP contribution in [0.4, 0.5) is 5.69 Å². The van der Waals surface area contributed by atoms with Crippen molar-refractivity contribution in [2.24, 2.45) is 0 Å². The Morgan fingerprint density at radius 3 is 2.29 bits per heavy atom. The number of para-hydroxylation sites is 2. The molecule has 0 aliphatic carbocycles. The number of anilines is 1. The molecule has 3 aromatic rings. The van der Waals surface area contributed by atoms with Gasteiger partial charge >= 0.3 is 12.0 Å². The van der Waals surface area contributed by atoms with Crippen LogP contribution in [0.2, 0.25) is 0 Å². The maximum Gasteiger partial charge on any atom is 0.354 e. The third-order valence-corrected chi connectivity index (χ3v) is 3.58. The highest BCUT2D eigenvalue weighted by atomic mass is 16.5. The summed E-state index contributed by atoms with van der Waals surface area (Å²) in [6.45, 7) is 1.97. The smallest absolute Gasteiger partial charge is 0.354 e. The van der Waals surface area contributed by atoms with Gasteiger partial charge in [-0.05, 0) is 19.1 Å². The number of benzene rings is 2. The topological polar surface area (TPSA) is 75.0 Å². The molecule has 5 nitrogen and oxygen atoms in total. The summed E-state index contributed by atoms with van der Waals surface area (Å²) in [7, 11) is 0. The van der Waals surface area contributed by atoms with Gasteiger partial charge in [-0.2, -0.15) is 0 Å². The van der Waals surface area contributed by atoms with Gasteiger partial charge in [0.05, 0.1) is 23.3 Å². The number of hydrogen-bond acceptors (Lipinski definition) is 4. The van der Waals surface area contributed by atoms with E-state index in [1.54, 1.807) is 6.92 Å². The molecule has 2 N–H and O–H groups in total. The van der Waals surface area contributed by atoms with E-state index >= 15 is 0 Å². The van der Waals surface area contributed by atoms with E-state index in [0.717, 1.165) is 27.5 Å². The van der Waals surface area contributed by atoms with Crippen LogP contribution in [0.5, 0.6) is 0 Å². The number of aromatic nitrogens is 1. The van der Waals surface area contributed by atoms with Crippen LogP contribution in [0.3, 0.4) is 0 Å². The molecule has 1 heterocycles. The van der Waals surface area contributed by atoms with Gasteiger partial charge in [0.2, 0.25) is 5.57 Å². The van der Waals surface area contributed by atoms with Crippen molar-refractivity contribution in [2.45, 2.75) is 6.92 Å². The second-order valence-corrected chi connectivity index (χ2v) is 5.07. The molecular formula is C19H16N3O2+. The molecule has 0 spiro atoms. The van der Waals surface area contributed by atoms with E-state index in [1.165, 1.54) is 6.20 Å². The Hall–Kier alpha value is -3.39. The second kappa shape index (κ2) is 6.80. The van der Waals surface area contributed by atoms with Crippen molar-refractivity contribution in [3.05, 3.63) is 60.3 Å². The van der Waals surface area contributed by atoms with Gasteiger partial charge in [-0.1, -0.05) is 41.7 Å². The SMILES string of the molecule is CCOC(=O)/C(C#[NH+])=C\Nc1c2ccccc2nc2ccccc12. The number of pyridine rings is 1. The molecule has 0 saturated carbocycles. The van der Waals surface area contributed by atoms with Gasteiger partial charge in [-0.15, -0.1) is 0 Å². The second-order valence-electron chi connectivity index (χ2n) is 5.07. The molecule has 0 unspecified atom stereocenters. The summed E-state index contributed by atoms with van der Waals surface area (Å²) in [4.78, 5) is 16.4. The molecule has 0 bridgehead atoms. The molecule has 2 aromatic carbocycles. The zero-order valence-electron chi connectivity index (χ0n) is 13.2. The number of esters is 1. The predicted octanol–water partition coefficient (Wildman–Crippen LogP) is 2.02. The predicted molar refractivity (Wildman–Crippen MR) is 92.4 cm³/mol. The molecule has 1 aromatic heterocycles. The fourth-order valence-electron chi connectivity index (χ4n) is 2.49. The van der Waals surface area contributed by atoms with Gasteiger partial charge in [0.15, 0.2) is 0 Å². The molecule has 0 atom stereocenters. The van der Waals surface area contributed by atoms with E-state index < -0.39 is 5.97 Å². The first-order valence-electron chi connectivity index (χ1n) is 7.58. The van der Waals surface area contributed by atoms with Gasteiger partial charge in [0.1, 0.15) is 0 Å². The van der Waals surface area contributed by atoms with Crippen molar-refractivity contribution in [1.29, 1.82) is 0 Å². The zero-order valence-corrected chi connectivity index (χ0v) is 13.2. The maximum atomic E-state index is 11.8. The fourth-order valence-corrected chi connectivity index (χ4v) is 2.49. The van der Waals surface area contributed by atoms with E-state index in [1.807, 2.05) is 48.5 Å². The van der Waals surface area contributed by atoms with E-state index in [9.17, 15) is 4.79 Å². The van der Waals surface area contributed by atoms with Crippen molar-refractivity contribution >= 4 is 33.5 Å². The summed E-state index contributed by atoms with van der Waals surface area (Å²) in [5.41, 5.74) is 2.56. The van der Waals surface area contributed by atoms with E-state index in [2.05, 4.69) is 16.4 Å². The van der Waals surface area contributed by atoms with Crippen LogP contribution in [0.25, 0.3) is 21.8 Å². The number of nitrogens with zero attached hydrogens (tertiary/aromatic N) is 1. The van der Waals surface area contributed by atoms with Crippen LogP contribution >= 0.6 is 0 Å². The van der Waals surface area contributed by atoms with Crippen LogP contribution in [-0.2, 0) is 9.53 Å². The van der Waals surface area contributed by atoms with E-state index in [-0.39, 0.29) is 12.2 Å². The molecule has 0 fully saturated rings. The van der Waals surface area contributed by atoms with Crippen LogP contribution in [-0.4, -0.2) is 17.6 Å². The Labute approximate surface area is 139 Å². The minimum absolute atomic E-state index is 0.0295. The molecular weight excluding hydrogens is 302 g/mol. The van der Waals surface area contributed by atoms with Gasteiger partial charge < -0.3 is 10.1 Å². The van der Waals surface area contributed by atoms with Gasteiger partial charge in [-0.25, -0.2) is 9.78 Å². The average Bonchev–Trinajstić information content (AvgIpc) is 2.61. The molecule has 0 aliphatic rings. The largest absolute Gasteiger partial charge is 0.462 e. The Morgan fingerprint density at radius 1 is 1.17 bits per heavy atom. The Morgan fingerprint density at radius 2 is 1.75 bits per heavy atom. The number of carbonyl (C=O) groups excluding carboxylic acids is 1. The Kier molecular flexibility index (Phi) is 4.39. The highest BCUT2D eigenvalue weighted by Gasteiger charge is 2.14. The number of ether oxygens (including phenoxy) is 1. The van der Waals surface area contributed by atoms with Crippen LogP contribution < -0.4 is 10.6 Å². The van der Waals surface area contributed by atoms with Gasteiger partial charge in [0, 0.05) is 17.0 Å². The van der Waals surface area contributed by atoms with Crippen molar-refractivity contribution in [1.82, 2.24) is 4.98 Å². The van der Waals surface area contributed by atoms with E-state index in [0.29, 0.717) is 0 Å². The molecule has 0 aliphatic heterocycles. The normalized spacial score (nSPS) is 11.2. The van der Waals surface area contributed by atoms with Crippen LogP contribution in [0, 0.1) is 6.07 Å². The Balaban J connectivity index is 2.13. The summed E-state index contributed by atoms with van der Waals surface area (Å²) in [6.07, 6.45) is 1.44. The first-order chi connectivity index (χ1) is 11.7. The number of fused-ring (bicyclic) bond motifs is 2. The lowest BCUT2D eigenvalue weighted by molar-refractivity contribution is -0.139. The minimum atomic E-state index is -0.581. The first-order valence-corrected chi connectivity index (χ1v) is 7.58. The summed E-state index contributed by atoms with van der Waals surface area (Å²) < 4.78 is 4.92. The minimum Gasteiger partial charge on any atom is -0.462 e. The lowest BCUT2D eigenvalue weighted by Crippen LogP contribution is -2.21. The van der Waals surface area contributed by atoms with Crippen LogP contribution in [0.1, 0.15) is 6.92 Å². The number of rotatable bonds is 4. The molecule has 0 radical (unpaired) electrons. The van der Waals surface area contributed by atoms with Crippen molar-refractivity contribution in [3.8, 4) is 6.07 Å². The summed E-state index contributed by atoms with van der Waals surface area (Å²) in [5.74, 6) is -0.581. The van der Waals surface area contributed by atoms with Gasteiger partial charge in [0.25, 0.3) is 0 Å². The number of hydrogen-bond donors (Lipinski definition) is 2. The lowest BCUT2D eigenvalue weighted by Gasteiger charge is -2.10. The molecule has 0 saturated heterocycles. The summed E-state index contributed by atoms with van der Waals surface area (Å²) >= 11 is 0. The summed E-state index contributed by atoms with van der Waals surface area (Å²) in [6, 6.07) is 17.6. The standard InChI is InChI=1S/C19H15N3O2/c1-2-24-19(23)13(11-20)12-21-18-14-7-3-5-9-16(14)22-17-10-6-4-8-15(17)18/h3-10,12H,2H2,1H3,(H,21,22)/p+1/b13-12-. The molecule has 118 valence electrons. The number of carbonyl (C=O) groups is 1. The lowest BCUT2D eigenvalue weighted by atomic mass is 10.1. The monoisotopic (exact) mass is 318 g/mol. The zero-order chi connectivity index (χ0) is 16.9. The van der Waals surface area contributed by atoms with Crippen molar-refractivity contribution in [2.75, 3.05) is 11.9 Å². The molecule has 5 heteroatoms. The fraction of sp³-hybridized carbons (Fsp3) is 0.105. The van der Waals surface area contributed by atoms with Crippen molar-refractivity contribution in [3.63, 3.8) is 0 Å². The summed E-state index contributed by atoms with van der Waals surface area (Å²) in [5, 5.41) is 12.3. The first kappa shape index (κ1) is 15.5. The molecule has 0 amide bonds. The van der Waals surface area contributed by atoms with Gasteiger partial charge in [-0.3, -0.25) is 0 Å². The van der Waals surface area contributed by atoms with Crippen molar-refractivity contribution < 1.29 is 14.8 Å². The third-order valence-electron chi connectivity index (χ3n) is 3.58.